The van der Waals surface area contributed by atoms with Crippen LogP contribution in [0.25, 0.3) is 0 Å². The summed E-state index contributed by atoms with van der Waals surface area (Å²) < 4.78 is 36.4. The standard InChI is InChI=1S/C5H3F3IN2/c6-5(7,8)3-11-4(9)1-2-10-11/h2H,3H2. The highest BCUT2D eigenvalue weighted by atomic mass is 127. The highest BCUT2D eigenvalue weighted by Crippen LogP contribution is 2.18. The Morgan fingerprint density at radius 3 is 2.64 bits per heavy atom. The molecule has 1 rings (SSSR count). The van der Waals surface area contributed by atoms with Gasteiger partial charge in [0.1, 0.15) is 10.2 Å². The Hall–Kier alpha value is -0.270. The van der Waals surface area contributed by atoms with Crippen molar-refractivity contribution in [2.75, 3.05) is 0 Å². The fraction of sp³-hybridized carbons (Fsp3) is 0.400. The molecule has 6 heteroatoms. The fourth-order valence-electron chi connectivity index (χ4n) is 0.557. The summed E-state index contributed by atoms with van der Waals surface area (Å²) in [5.41, 5.74) is 0. The highest BCUT2D eigenvalue weighted by Gasteiger charge is 2.28. The summed E-state index contributed by atoms with van der Waals surface area (Å²) in [6.07, 6.45) is -2.99. The third-order valence-corrected chi connectivity index (χ3v) is 1.80. The van der Waals surface area contributed by atoms with Crippen molar-refractivity contribution >= 4 is 22.6 Å². The Morgan fingerprint density at radius 1 is 1.64 bits per heavy atom. The summed E-state index contributed by atoms with van der Waals surface area (Å²) in [6, 6.07) is 2.53. The van der Waals surface area contributed by atoms with Crippen molar-refractivity contribution in [3.8, 4) is 0 Å². The summed E-state index contributed by atoms with van der Waals surface area (Å²) in [4.78, 5) is 0. The molecule has 0 aliphatic heterocycles. The maximum atomic E-state index is 11.7. The van der Waals surface area contributed by atoms with Crippen LogP contribution in [0.5, 0.6) is 0 Å². The van der Waals surface area contributed by atoms with Crippen molar-refractivity contribution in [3.63, 3.8) is 0 Å². The quantitative estimate of drug-likeness (QED) is 0.715. The molecule has 0 aromatic carbocycles. The van der Waals surface area contributed by atoms with Crippen LogP contribution in [0.15, 0.2) is 6.20 Å². The molecule has 0 atom stereocenters. The molecule has 11 heavy (non-hydrogen) atoms. The smallest absolute Gasteiger partial charge is 0.250 e. The van der Waals surface area contributed by atoms with Crippen molar-refractivity contribution in [1.82, 2.24) is 9.78 Å². The molecule has 1 heterocycles. The molecule has 1 aromatic heterocycles. The Morgan fingerprint density at radius 2 is 2.27 bits per heavy atom. The Kier molecular flexibility index (Phi) is 2.40. The number of alkyl halides is 3. The van der Waals surface area contributed by atoms with E-state index in [0.29, 0.717) is 3.70 Å². The zero-order valence-corrected chi connectivity index (χ0v) is 7.35. The fourth-order valence-corrected chi connectivity index (χ4v) is 0.991. The molecule has 0 unspecified atom stereocenters. The van der Waals surface area contributed by atoms with Gasteiger partial charge >= 0.3 is 6.18 Å². The van der Waals surface area contributed by atoms with Crippen LogP contribution in [0, 0.1) is 9.77 Å². The van der Waals surface area contributed by atoms with Gasteiger partial charge in [-0.15, -0.1) is 0 Å². The van der Waals surface area contributed by atoms with Crippen LogP contribution in [0.2, 0.25) is 0 Å². The minimum Gasteiger partial charge on any atom is -0.250 e. The van der Waals surface area contributed by atoms with E-state index in [2.05, 4.69) is 11.2 Å². The molecule has 0 spiro atoms. The van der Waals surface area contributed by atoms with Crippen LogP contribution >= 0.6 is 22.6 Å². The minimum absolute atomic E-state index is 0.361. The minimum atomic E-state index is -4.21. The summed E-state index contributed by atoms with van der Waals surface area (Å²) in [5.74, 6) is 0. The average Bonchev–Trinajstić information content (AvgIpc) is 2.12. The molecule has 0 saturated carbocycles. The van der Waals surface area contributed by atoms with Crippen LogP contribution in [0.3, 0.4) is 0 Å². The largest absolute Gasteiger partial charge is 0.408 e. The monoisotopic (exact) mass is 275 g/mol. The molecule has 0 saturated heterocycles. The second-order valence-electron chi connectivity index (χ2n) is 1.85. The van der Waals surface area contributed by atoms with Gasteiger partial charge in [-0.3, -0.25) is 0 Å². The summed E-state index contributed by atoms with van der Waals surface area (Å²) in [6.45, 7) is -1.05. The van der Waals surface area contributed by atoms with Gasteiger partial charge in [-0.2, -0.15) is 18.3 Å². The second-order valence-corrected chi connectivity index (χ2v) is 2.87. The predicted molar refractivity (Wildman–Crippen MR) is 39.8 cm³/mol. The molecule has 0 bridgehead atoms. The van der Waals surface area contributed by atoms with Crippen molar-refractivity contribution in [2.24, 2.45) is 0 Å². The van der Waals surface area contributed by atoms with Gasteiger partial charge in [-0.1, -0.05) is 0 Å². The van der Waals surface area contributed by atoms with Gasteiger partial charge in [0.25, 0.3) is 0 Å². The van der Waals surface area contributed by atoms with E-state index in [1.54, 1.807) is 22.6 Å². The van der Waals surface area contributed by atoms with E-state index in [1.807, 2.05) is 0 Å². The van der Waals surface area contributed by atoms with Gasteiger partial charge in [0.15, 0.2) is 0 Å². The number of nitrogens with zero attached hydrogens (tertiary/aromatic N) is 2. The Balaban J connectivity index is 2.72. The van der Waals surface area contributed by atoms with Gasteiger partial charge in [0, 0.05) is 6.07 Å². The third-order valence-electron chi connectivity index (χ3n) is 0.936. The van der Waals surface area contributed by atoms with E-state index < -0.39 is 12.7 Å². The van der Waals surface area contributed by atoms with Crippen molar-refractivity contribution < 1.29 is 13.2 Å². The van der Waals surface area contributed by atoms with E-state index in [-0.39, 0.29) is 0 Å². The van der Waals surface area contributed by atoms with Crippen molar-refractivity contribution in [2.45, 2.75) is 12.7 Å². The molecular formula is C5H3F3IN2. The van der Waals surface area contributed by atoms with E-state index in [1.165, 1.54) is 6.20 Å². The first kappa shape index (κ1) is 8.82. The molecule has 1 radical (unpaired) electrons. The van der Waals surface area contributed by atoms with E-state index >= 15 is 0 Å². The predicted octanol–water partition coefficient (Wildman–Crippen LogP) is 1.85. The number of hydrogen-bond donors (Lipinski definition) is 0. The summed E-state index contributed by atoms with van der Waals surface area (Å²) in [7, 11) is 0. The van der Waals surface area contributed by atoms with E-state index in [0.717, 1.165) is 4.68 Å². The lowest BCUT2D eigenvalue weighted by atomic mass is 10.6. The van der Waals surface area contributed by atoms with Gasteiger partial charge in [-0.25, -0.2) is 4.68 Å². The lowest BCUT2D eigenvalue weighted by Crippen LogP contribution is -2.19. The maximum Gasteiger partial charge on any atom is 0.408 e. The first-order valence-corrected chi connectivity index (χ1v) is 3.72. The van der Waals surface area contributed by atoms with E-state index in [9.17, 15) is 13.2 Å². The van der Waals surface area contributed by atoms with Gasteiger partial charge in [0.05, 0.1) is 6.20 Å². The Labute approximate surface area is 74.5 Å². The first-order chi connectivity index (χ1) is 4.99. The molecule has 0 amide bonds. The summed E-state index contributed by atoms with van der Waals surface area (Å²) in [5, 5.41) is 3.43. The average molecular weight is 275 g/mol. The highest BCUT2D eigenvalue weighted by molar-refractivity contribution is 14.1. The van der Waals surface area contributed by atoms with Crippen LogP contribution < -0.4 is 0 Å². The summed E-state index contributed by atoms with van der Waals surface area (Å²) >= 11 is 1.74. The van der Waals surface area contributed by atoms with Gasteiger partial charge < -0.3 is 0 Å². The lowest BCUT2D eigenvalue weighted by Gasteiger charge is -2.06. The number of rotatable bonds is 1. The number of aromatic nitrogens is 2. The van der Waals surface area contributed by atoms with Crippen LogP contribution in [-0.2, 0) is 6.54 Å². The molecular weight excluding hydrogens is 272 g/mol. The topological polar surface area (TPSA) is 17.8 Å². The van der Waals surface area contributed by atoms with Gasteiger partial charge in [0.2, 0.25) is 0 Å². The molecule has 2 nitrogen and oxygen atoms in total. The number of halogens is 4. The molecule has 0 fully saturated rings. The molecule has 0 aliphatic carbocycles. The van der Waals surface area contributed by atoms with Crippen molar-refractivity contribution in [1.29, 1.82) is 0 Å². The lowest BCUT2D eigenvalue weighted by molar-refractivity contribution is -0.143. The molecule has 61 valence electrons. The Bertz CT molecular complexity index is 242. The zero-order chi connectivity index (χ0) is 8.48. The van der Waals surface area contributed by atoms with Crippen LogP contribution in [0.1, 0.15) is 0 Å². The zero-order valence-electron chi connectivity index (χ0n) is 5.19. The van der Waals surface area contributed by atoms with Crippen LogP contribution in [0.4, 0.5) is 13.2 Å². The molecule has 0 N–H and O–H groups in total. The SMILES string of the molecule is FC(F)(F)Cn1nc[c]c1I. The second kappa shape index (κ2) is 3.00. The third kappa shape index (κ3) is 2.68. The molecule has 0 aliphatic rings. The van der Waals surface area contributed by atoms with Gasteiger partial charge in [-0.05, 0) is 22.6 Å². The maximum absolute atomic E-state index is 11.7. The van der Waals surface area contributed by atoms with E-state index in [4.69, 9.17) is 0 Å². The van der Waals surface area contributed by atoms with Crippen LogP contribution in [-0.4, -0.2) is 16.0 Å². The normalized spacial score (nSPS) is 12.0. The van der Waals surface area contributed by atoms with Crippen molar-refractivity contribution in [3.05, 3.63) is 16.0 Å². The molecule has 1 aromatic rings. The number of hydrogen-bond acceptors (Lipinski definition) is 1. The first-order valence-electron chi connectivity index (χ1n) is 2.65.